The Morgan fingerprint density at radius 3 is 2.90 bits per heavy atom. The van der Waals surface area contributed by atoms with Crippen LogP contribution in [0.3, 0.4) is 0 Å². The number of hydrogen-bond donors (Lipinski definition) is 2. The molecule has 0 fully saturated rings. The monoisotopic (exact) mass is 308 g/mol. The van der Waals surface area contributed by atoms with Crippen molar-refractivity contribution in [2.24, 2.45) is 5.84 Å². The van der Waals surface area contributed by atoms with Crippen LogP contribution in [0.1, 0.15) is 11.3 Å². The van der Waals surface area contributed by atoms with E-state index >= 15 is 0 Å². The van der Waals surface area contributed by atoms with E-state index in [1.807, 2.05) is 22.2 Å². The number of nitrogens with one attached hydrogen (secondary N) is 1. The number of hydrazine groups is 1. The molecule has 0 aliphatic rings. The van der Waals surface area contributed by atoms with Crippen LogP contribution in [0.15, 0.2) is 36.0 Å². The number of fused-ring (bicyclic) bond motifs is 1. The van der Waals surface area contributed by atoms with E-state index in [0.717, 1.165) is 16.7 Å². The third-order valence-corrected chi connectivity index (χ3v) is 4.09. The topological polar surface area (TPSA) is 55.3 Å². The lowest BCUT2D eigenvalue weighted by atomic mass is 10.0. The molecule has 0 aliphatic heterocycles. The van der Waals surface area contributed by atoms with E-state index in [4.69, 9.17) is 5.84 Å². The minimum absolute atomic E-state index is 0.172. The second kappa shape index (κ2) is 5.88. The van der Waals surface area contributed by atoms with E-state index in [2.05, 4.69) is 10.4 Å². The van der Waals surface area contributed by atoms with Gasteiger partial charge >= 0.3 is 0 Å². The van der Waals surface area contributed by atoms with E-state index in [-0.39, 0.29) is 6.04 Å². The summed E-state index contributed by atoms with van der Waals surface area (Å²) in [5.41, 5.74) is 3.98. The van der Waals surface area contributed by atoms with Gasteiger partial charge in [-0.2, -0.15) is 0 Å². The zero-order valence-corrected chi connectivity index (χ0v) is 11.9. The zero-order valence-electron chi connectivity index (χ0n) is 11.1. The third kappa shape index (κ3) is 3.10. The van der Waals surface area contributed by atoms with Crippen molar-refractivity contribution in [1.29, 1.82) is 0 Å². The first-order valence-electron chi connectivity index (χ1n) is 6.47. The molecule has 21 heavy (non-hydrogen) atoms. The van der Waals surface area contributed by atoms with Gasteiger partial charge in [-0.3, -0.25) is 15.7 Å². The van der Waals surface area contributed by atoms with Crippen molar-refractivity contribution < 1.29 is 8.78 Å². The first-order valence-corrected chi connectivity index (χ1v) is 7.35. The molecular formula is C14H14F2N4S. The lowest BCUT2D eigenvalue weighted by Gasteiger charge is -2.15. The molecule has 1 unspecified atom stereocenters. The molecule has 2 heterocycles. The van der Waals surface area contributed by atoms with Gasteiger partial charge in [0.2, 0.25) is 0 Å². The number of aromatic nitrogens is 2. The number of nitrogens with two attached hydrogens (primary N) is 1. The Hall–Kier alpha value is -1.83. The van der Waals surface area contributed by atoms with Crippen LogP contribution >= 0.6 is 11.3 Å². The fraction of sp³-hybridized carbons (Fsp3) is 0.214. The summed E-state index contributed by atoms with van der Waals surface area (Å²) in [6.07, 6.45) is 4.80. The molecule has 1 atom stereocenters. The van der Waals surface area contributed by atoms with Crippen LogP contribution in [-0.4, -0.2) is 15.4 Å². The van der Waals surface area contributed by atoms with Crippen molar-refractivity contribution >= 4 is 16.3 Å². The maximum Gasteiger partial charge on any atom is 0.193 e. The maximum absolute atomic E-state index is 13.7. The Morgan fingerprint density at radius 1 is 1.33 bits per heavy atom. The van der Waals surface area contributed by atoms with Crippen molar-refractivity contribution in [2.45, 2.75) is 18.9 Å². The van der Waals surface area contributed by atoms with Gasteiger partial charge in [0.25, 0.3) is 0 Å². The van der Waals surface area contributed by atoms with Gasteiger partial charge in [-0.25, -0.2) is 13.8 Å². The predicted molar refractivity (Wildman–Crippen MR) is 77.9 cm³/mol. The first-order chi connectivity index (χ1) is 10.2. The Bertz CT molecular complexity index is 724. The molecule has 2 aromatic heterocycles. The largest absolute Gasteiger partial charge is 0.297 e. The van der Waals surface area contributed by atoms with Crippen LogP contribution in [0.5, 0.6) is 0 Å². The second-order valence-electron chi connectivity index (χ2n) is 4.83. The quantitative estimate of drug-likeness (QED) is 0.562. The standard InChI is InChI=1S/C14H14F2N4S/c15-10-2-1-9(13(16)6-10)5-11(19-17)7-12-8-20-3-4-21-14(20)18-12/h1-4,6,8,11,19H,5,7,17H2. The van der Waals surface area contributed by atoms with Crippen molar-refractivity contribution in [2.75, 3.05) is 0 Å². The molecule has 0 bridgehead atoms. The number of thiazole rings is 1. The average molecular weight is 308 g/mol. The summed E-state index contributed by atoms with van der Waals surface area (Å²) in [5.74, 6) is 4.40. The van der Waals surface area contributed by atoms with Crippen LogP contribution in [-0.2, 0) is 12.8 Å². The number of hydrogen-bond acceptors (Lipinski definition) is 4. The molecule has 0 aliphatic carbocycles. The number of benzene rings is 1. The molecule has 0 saturated carbocycles. The smallest absolute Gasteiger partial charge is 0.193 e. The van der Waals surface area contributed by atoms with Crippen LogP contribution < -0.4 is 11.3 Å². The van der Waals surface area contributed by atoms with E-state index in [9.17, 15) is 8.78 Å². The van der Waals surface area contributed by atoms with Gasteiger partial charge in [-0.15, -0.1) is 11.3 Å². The average Bonchev–Trinajstić information content (AvgIpc) is 3.01. The third-order valence-electron chi connectivity index (χ3n) is 3.32. The molecule has 3 N–H and O–H groups in total. The van der Waals surface area contributed by atoms with Crippen LogP contribution in [0.25, 0.3) is 4.96 Å². The number of rotatable bonds is 5. The first kappa shape index (κ1) is 14.1. The Morgan fingerprint density at radius 2 is 2.19 bits per heavy atom. The van der Waals surface area contributed by atoms with Gasteiger partial charge in [0.15, 0.2) is 4.96 Å². The van der Waals surface area contributed by atoms with Gasteiger partial charge < -0.3 is 0 Å². The molecule has 0 spiro atoms. The van der Waals surface area contributed by atoms with Gasteiger partial charge in [-0.1, -0.05) is 6.07 Å². The van der Waals surface area contributed by atoms with Gasteiger partial charge in [-0.05, 0) is 18.1 Å². The Kier molecular flexibility index (Phi) is 3.96. The van der Waals surface area contributed by atoms with Crippen molar-refractivity contribution in [3.8, 4) is 0 Å². The van der Waals surface area contributed by atoms with Crippen LogP contribution in [0, 0.1) is 11.6 Å². The summed E-state index contributed by atoms with van der Waals surface area (Å²) in [7, 11) is 0. The van der Waals surface area contributed by atoms with E-state index < -0.39 is 11.6 Å². The molecule has 0 radical (unpaired) electrons. The van der Waals surface area contributed by atoms with Gasteiger partial charge in [0.1, 0.15) is 11.6 Å². The van der Waals surface area contributed by atoms with Crippen molar-refractivity contribution in [3.05, 3.63) is 58.9 Å². The fourth-order valence-corrected chi connectivity index (χ4v) is 2.99. The summed E-state index contributed by atoms with van der Waals surface area (Å²) in [6, 6.07) is 3.41. The highest BCUT2D eigenvalue weighted by atomic mass is 32.1. The minimum atomic E-state index is -0.581. The molecule has 3 rings (SSSR count). The molecule has 0 amide bonds. The lowest BCUT2D eigenvalue weighted by Crippen LogP contribution is -2.38. The molecule has 4 nitrogen and oxygen atoms in total. The summed E-state index contributed by atoms with van der Waals surface area (Å²) in [5, 5.41) is 1.96. The van der Waals surface area contributed by atoms with Gasteiger partial charge in [0.05, 0.1) is 5.69 Å². The highest BCUT2D eigenvalue weighted by molar-refractivity contribution is 7.15. The fourth-order valence-electron chi connectivity index (χ4n) is 2.27. The second-order valence-corrected chi connectivity index (χ2v) is 5.71. The van der Waals surface area contributed by atoms with Crippen LogP contribution in [0.2, 0.25) is 0 Å². The summed E-state index contributed by atoms with van der Waals surface area (Å²) < 4.78 is 28.5. The highest BCUT2D eigenvalue weighted by Gasteiger charge is 2.14. The van der Waals surface area contributed by atoms with E-state index in [0.29, 0.717) is 18.4 Å². The normalized spacial score (nSPS) is 12.9. The number of halogens is 2. The van der Waals surface area contributed by atoms with E-state index in [1.165, 1.54) is 12.1 Å². The molecule has 0 saturated heterocycles. The summed E-state index contributed by atoms with van der Waals surface area (Å²) in [6.45, 7) is 0. The van der Waals surface area contributed by atoms with Gasteiger partial charge in [0, 0.05) is 36.3 Å². The Balaban J connectivity index is 1.74. The predicted octanol–water partition coefficient (Wildman–Crippen LogP) is 2.29. The van der Waals surface area contributed by atoms with E-state index in [1.54, 1.807) is 11.3 Å². The highest BCUT2D eigenvalue weighted by Crippen LogP contribution is 2.16. The molecule has 110 valence electrons. The van der Waals surface area contributed by atoms with Crippen molar-refractivity contribution in [1.82, 2.24) is 14.8 Å². The molecular weight excluding hydrogens is 294 g/mol. The lowest BCUT2D eigenvalue weighted by molar-refractivity contribution is 0.499. The molecule has 7 heteroatoms. The Labute approximate surface area is 124 Å². The summed E-state index contributed by atoms with van der Waals surface area (Å²) >= 11 is 1.55. The zero-order chi connectivity index (χ0) is 14.8. The number of nitrogens with zero attached hydrogens (tertiary/aromatic N) is 2. The van der Waals surface area contributed by atoms with Crippen molar-refractivity contribution in [3.63, 3.8) is 0 Å². The molecule has 3 aromatic rings. The molecule has 1 aromatic carbocycles. The SMILES string of the molecule is NNC(Cc1cn2ccsc2n1)Cc1ccc(F)cc1F. The van der Waals surface area contributed by atoms with Crippen LogP contribution in [0.4, 0.5) is 8.78 Å². The summed E-state index contributed by atoms with van der Waals surface area (Å²) in [4.78, 5) is 5.38. The number of imidazole rings is 1. The minimum Gasteiger partial charge on any atom is -0.297 e. The maximum atomic E-state index is 13.7.